The lowest BCUT2D eigenvalue weighted by atomic mass is 10.1. The van der Waals surface area contributed by atoms with Gasteiger partial charge in [0.1, 0.15) is 5.82 Å². The fraction of sp³-hybridized carbons (Fsp3) is 0.300. The number of halogens is 3. The zero-order valence-electron chi connectivity index (χ0n) is 8.02. The van der Waals surface area contributed by atoms with Crippen molar-refractivity contribution in [2.45, 2.75) is 13.3 Å². The van der Waals surface area contributed by atoms with Gasteiger partial charge in [-0.2, -0.15) is 0 Å². The summed E-state index contributed by atoms with van der Waals surface area (Å²) in [7, 11) is 0. The average Bonchev–Trinajstić information content (AvgIpc) is 2.19. The van der Waals surface area contributed by atoms with E-state index in [1.54, 1.807) is 6.92 Å². The van der Waals surface area contributed by atoms with E-state index >= 15 is 0 Å². The van der Waals surface area contributed by atoms with E-state index in [0.29, 0.717) is 0 Å². The number of hydrogen-bond acceptors (Lipinski definition) is 2. The van der Waals surface area contributed by atoms with Crippen molar-refractivity contribution in [3.05, 3.63) is 33.0 Å². The third kappa shape index (κ3) is 3.18. The van der Waals surface area contributed by atoms with Gasteiger partial charge in [-0.3, -0.25) is 4.79 Å². The highest BCUT2D eigenvalue weighted by molar-refractivity contribution is 9.10. The minimum Gasteiger partial charge on any atom is -0.466 e. The number of hydrogen-bond donors (Lipinski definition) is 0. The summed E-state index contributed by atoms with van der Waals surface area (Å²) in [6.45, 7) is 1.96. The van der Waals surface area contributed by atoms with Crippen LogP contribution in [0.25, 0.3) is 0 Å². The van der Waals surface area contributed by atoms with Crippen molar-refractivity contribution in [2.75, 3.05) is 6.61 Å². The molecule has 0 unspecified atom stereocenters. The first-order chi connectivity index (χ1) is 7.06. The van der Waals surface area contributed by atoms with Crippen LogP contribution in [0.2, 0.25) is 5.02 Å². The number of carbonyl (C=O) groups is 1. The standard InChI is InChI=1S/C10H9BrClFO2/c1-2-15-9(14)5-6-8(12)4-3-7(11)10(6)13/h3-4H,2,5H2,1H3. The number of esters is 1. The molecule has 0 spiro atoms. The Balaban J connectivity index is 2.93. The third-order valence-corrected chi connectivity index (χ3v) is 2.73. The molecular weight excluding hydrogens is 286 g/mol. The fourth-order valence-corrected chi connectivity index (χ4v) is 1.67. The lowest BCUT2D eigenvalue weighted by Crippen LogP contribution is -2.09. The minimum absolute atomic E-state index is 0.155. The van der Waals surface area contributed by atoms with Gasteiger partial charge in [0.15, 0.2) is 0 Å². The molecule has 1 rings (SSSR count). The normalized spacial score (nSPS) is 10.1. The van der Waals surface area contributed by atoms with Gasteiger partial charge in [-0.1, -0.05) is 11.6 Å². The third-order valence-electron chi connectivity index (χ3n) is 1.77. The number of ether oxygens (including phenoxy) is 1. The van der Waals surface area contributed by atoms with Gasteiger partial charge < -0.3 is 4.74 Å². The smallest absolute Gasteiger partial charge is 0.310 e. The molecule has 1 aromatic carbocycles. The van der Waals surface area contributed by atoms with Gasteiger partial charge in [0.05, 0.1) is 17.5 Å². The van der Waals surface area contributed by atoms with Gasteiger partial charge >= 0.3 is 5.97 Å². The first-order valence-electron chi connectivity index (χ1n) is 4.34. The molecule has 0 aliphatic heterocycles. The van der Waals surface area contributed by atoms with Gasteiger partial charge in [0.25, 0.3) is 0 Å². The summed E-state index contributed by atoms with van der Waals surface area (Å²) < 4.78 is 18.5. The van der Waals surface area contributed by atoms with Crippen LogP contribution in [0.15, 0.2) is 16.6 Å². The largest absolute Gasteiger partial charge is 0.466 e. The molecule has 2 nitrogen and oxygen atoms in total. The van der Waals surface area contributed by atoms with Crippen LogP contribution in [-0.4, -0.2) is 12.6 Å². The Morgan fingerprint density at radius 3 is 2.87 bits per heavy atom. The van der Waals surface area contributed by atoms with Crippen molar-refractivity contribution in [2.24, 2.45) is 0 Å². The molecule has 0 aromatic heterocycles. The van der Waals surface area contributed by atoms with Gasteiger partial charge in [-0.15, -0.1) is 0 Å². The molecule has 0 aliphatic rings. The maximum Gasteiger partial charge on any atom is 0.310 e. The van der Waals surface area contributed by atoms with E-state index in [1.165, 1.54) is 12.1 Å². The van der Waals surface area contributed by atoms with E-state index in [4.69, 9.17) is 16.3 Å². The summed E-state index contributed by atoms with van der Waals surface area (Å²) in [5.74, 6) is -1.01. The Hall–Kier alpha value is -0.610. The molecule has 0 saturated heterocycles. The van der Waals surface area contributed by atoms with Crippen LogP contribution in [0.4, 0.5) is 4.39 Å². The number of carbonyl (C=O) groups excluding carboxylic acids is 1. The van der Waals surface area contributed by atoms with Crippen LogP contribution >= 0.6 is 27.5 Å². The van der Waals surface area contributed by atoms with Gasteiger partial charge in [-0.05, 0) is 35.0 Å². The number of rotatable bonds is 3. The molecule has 0 atom stereocenters. The highest BCUT2D eigenvalue weighted by atomic mass is 79.9. The predicted octanol–water partition coefficient (Wildman–Crippen LogP) is 3.35. The van der Waals surface area contributed by atoms with Crippen LogP contribution in [0.5, 0.6) is 0 Å². The van der Waals surface area contributed by atoms with E-state index in [2.05, 4.69) is 15.9 Å². The van der Waals surface area contributed by atoms with Crippen molar-refractivity contribution in [3.63, 3.8) is 0 Å². The Morgan fingerprint density at radius 1 is 1.60 bits per heavy atom. The molecule has 0 N–H and O–H groups in total. The Labute approximate surface area is 101 Å². The summed E-state index contributed by atoms with van der Waals surface area (Å²) in [4.78, 5) is 11.2. The van der Waals surface area contributed by atoms with Crippen molar-refractivity contribution in [1.29, 1.82) is 0 Å². The molecule has 15 heavy (non-hydrogen) atoms. The van der Waals surface area contributed by atoms with Crippen molar-refractivity contribution < 1.29 is 13.9 Å². The zero-order valence-corrected chi connectivity index (χ0v) is 10.4. The summed E-state index contributed by atoms with van der Waals surface area (Å²) in [5.41, 5.74) is 0.157. The summed E-state index contributed by atoms with van der Waals surface area (Å²) in [5, 5.41) is 0.226. The fourth-order valence-electron chi connectivity index (χ4n) is 1.09. The maximum atomic E-state index is 13.5. The highest BCUT2D eigenvalue weighted by Crippen LogP contribution is 2.26. The van der Waals surface area contributed by atoms with E-state index in [-0.39, 0.29) is 28.1 Å². The molecule has 0 amide bonds. The van der Waals surface area contributed by atoms with E-state index in [1.807, 2.05) is 0 Å². The van der Waals surface area contributed by atoms with Crippen molar-refractivity contribution >= 4 is 33.5 Å². The first-order valence-corrected chi connectivity index (χ1v) is 5.51. The molecule has 5 heteroatoms. The zero-order chi connectivity index (χ0) is 11.4. The molecule has 1 aromatic rings. The van der Waals surface area contributed by atoms with Crippen LogP contribution in [0.1, 0.15) is 12.5 Å². The lowest BCUT2D eigenvalue weighted by Gasteiger charge is -2.06. The quantitative estimate of drug-likeness (QED) is 0.631. The first kappa shape index (κ1) is 12.5. The van der Waals surface area contributed by atoms with E-state index in [0.717, 1.165) is 0 Å². The second kappa shape index (κ2) is 5.47. The van der Waals surface area contributed by atoms with Crippen molar-refractivity contribution in [3.8, 4) is 0 Å². The highest BCUT2D eigenvalue weighted by Gasteiger charge is 2.15. The molecule has 0 heterocycles. The Bertz CT molecular complexity index is 382. The van der Waals surface area contributed by atoms with Crippen LogP contribution < -0.4 is 0 Å². The van der Waals surface area contributed by atoms with Crippen molar-refractivity contribution in [1.82, 2.24) is 0 Å². The van der Waals surface area contributed by atoms with Gasteiger partial charge in [0.2, 0.25) is 0 Å². The molecule has 82 valence electrons. The van der Waals surface area contributed by atoms with Gasteiger partial charge in [-0.25, -0.2) is 4.39 Å². The Morgan fingerprint density at radius 2 is 2.27 bits per heavy atom. The Kier molecular flexibility index (Phi) is 4.54. The second-order valence-electron chi connectivity index (χ2n) is 2.80. The minimum atomic E-state index is -0.518. The molecular formula is C10H9BrClFO2. The average molecular weight is 296 g/mol. The molecule has 0 saturated carbocycles. The summed E-state index contributed by atoms with van der Waals surface area (Å²) in [6.07, 6.45) is -0.155. The van der Waals surface area contributed by atoms with Crippen LogP contribution in [0, 0.1) is 5.82 Å². The molecule has 0 fully saturated rings. The molecule has 0 bridgehead atoms. The van der Waals surface area contributed by atoms with E-state index in [9.17, 15) is 9.18 Å². The summed E-state index contributed by atoms with van der Waals surface area (Å²) >= 11 is 8.80. The second-order valence-corrected chi connectivity index (χ2v) is 4.07. The number of benzene rings is 1. The monoisotopic (exact) mass is 294 g/mol. The topological polar surface area (TPSA) is 26.3 Å². The SMILES string of the molecule is CCOC(=O)Cc1c(Cl)ccc(Br)c1F. The van der Waals surface area contributed by atoms with Gasteiger partial charge in [0, 0.05) is 10.6 Å². The lowest BCUT2D eigenvalue weighted by molar-refractivity contribution is -0.142. The predicted molar refractivity (Wildman–Crippen MR) is 59.4 cm³/mol. The summed E-state index contributed by atoms with van der Waals surface area (Å²) in [6, 6.07) is 3.02. The molecule has 0 radical (unpaired) electrons. The maximum absolute atomic E-state index is 13.5. The van der Waals surface area contributed by atoms with E-state index < -0.39 is 11.8 Å². The van der Waals surface area contributed by atoms with Crippen LogP contribution in [-0.2, 0) is 16.0 Å². The van der Waals surface area contributed by atoms with Crippen LogP contribution in [0.3, 0.4) is 0 Å². The molecule has 0 aliphatic carbocycles.